The van der Waals surface area contributed by atoms with Crippen LogP contribution in [-0.2, 0) is 9.47 Å². The predicted octanol–water partition coefficient (Wildman–Crippen LogP) is 5.33. The lowest BCUT2D eigenvalue weighted by Crippen LogP contribution is -2.46. The number of aromatic nitrogens is 3. The highest BCUT2D eigenvalue weighted by Gasteiger charge is 2.38. The maximum Gasteiger partial charge on any atom is 0.416 e. The van der Waals surface area contributed by atoms with Crippen molar-refractivity contribution in [3.63, 3.8) is 0 Å². The molecule has 0 aromatic carbocycles. The Kier molecular flexibility index (Phi) is 7.18. The van der Waals surface area contributed by atoms with Gasteiger partial charge < -0.3 is 20.1 Å². The van der Waals surface area contributed by atoms with E-state index in [1.54, 1.807) is 23.5 Å². The zero-order chi connectivity index (χ0) is 27.8. The van der Waals surface area contributed by atoms with E-state index in [-0.39, 0.29) is 6.04 Å². The number of carbonyl (C=O) groups excluding carboxylic acids is 2. The minimum absolute atomic E-state index is 0.298. The first-order valence-corrected chi connectivity index (χ1v) is 12.7. The van der Waals surface area contributed by atoms with Gasteiger partial charge in [0.1, 0.15) is 22.8 Å². The summed E-state index contributed by atoms with van der Waals surface area (Å²) in [6.07, 6.45) is 4.70. The van der Waals surface area contributed by atoms with Gasteiger partial charge in [0, 0.05) is 42.6 Å². The second-order valence-electron chi connectivity index (χ2n) is 11.6. The molecule has 2 amide bonds. The van der Waals surface area contributed by atoms with Crippen molar-refractivity contribution in [3.05, 3.63) is 42.4 Å². The van der Waals surface area contributed by atoms with Gasteiger partial charge in [-0.05, 0) is 84.0 Å². The van der Waals surface area contributed by atoms with Crippen LogP contribution in [0, 0.1) is 6.92 Å². The van der Waals surface area contributed by atoms with Crippen molar-refractivity contribution in [1.29, 1.82) is 0 Å². The molecule has 0 saturated carbocycles. The number of carbonyl (C=O) groups is 2. The molecule has 10 heteroatoms. The molecule has 1 saturated heterocycles. The van der Waals surface area contributed by atoms with Gasteiger partial charge in [0.25, 0.3) is 0 Å². The number of aryl methyl sites for hydroxylation is 1. The molecule has 4 heterocycles. The molecule has 0 unspecified atom stereocenters. The van der Waals surface area contributed by atoms with Crippen LogP contribution in [-0.4, -0.2) is 62.4 Å². The van der Waals surface area contributed by atoms with E-state index in [2.05, 4.69) is 15.0 Å². The quantitative estimate of drug-likeness (QED) is 0.491. The SMILES string of the molecule is Cc1ccncc1-c1cc2cc(N(C(=O)OC(C)(C)C)[C@H]3CCN(C(=O)OC(C)(C)C)C3)ncc2c(N)n1. The number of pyridine rings is 3. The molecule has 0 radical (unpaired) electrons. The number of hydrogen-bond donors (Lipinski definition) is 1. The van der Waals surface area contributed by atoms with Crippen LogP contribution in [0.3, 0.4) is 0 Å². The van der Waals surface area contributed by atoms with Gasteiger partial charge in [-0.25, -0.2) is 19.6 Å². The normalized spacial score (nSPS) is 16.0. The van der Waals surface area contributed by atoms with Crippen molar-refractivity contribution < 1.29 is 19.1 Å². The monoisotopic (exact) mass is 520 g/mol. The van der Waals surface area contributed by atoms with E-state index in [1.807, 2.05) is 66.7 Å². The van der Waals surface area contributed by atoms with E-state index in [0.717, 1.165) is 16.5 Å². The molecule has 10 nitrogen and oxygen atoms in total. The molecule has 4 rings (SSSR count). The molecule has 1 fully saturated rings. The molecular weight excluding hydrogens is 484 g/mol. The van der Waals surface area contributed by atoms with Gasteiger partial charge in [-0.15, -0.1) is 0 Å². The Morgan fingerprint density at radius 3 is 2.45 bits per heavy atom. The van der Waals surface area contributed by atoms with Crippen LogP contribution in [0.5, 0.6) is 0 Å². The van der Waals surface area contributed by atoms with Crippen molar-refractivity contribution in [3.8, 4) is 11.3 Å². The Morgan fingerprint density at radius 1 is 1.08 bits per heavy atom. The Bertz CT molecular complexity index is 1360. The summed E-state index contributed by atoms with van der Waals surface area (Å²) >= 11 is 0. The van der Waals surface area contributed by atoms with Crippen molar-refractivity contribution in [2.24, 2.45) is 0 Å². The summed E-state index contributed by atoms with van der Waals surface area (Å²) in [7, 11) is 0. The molecule has 1 aliphatic rings. The molecule has 202 valence electrons. The van der Waals surface area contributed by atoms with E-state index in [0.29, 0.717) is 42.2 Å². The number of nitrogens with zero attached hydrogens (tertiary/aromatic N) is 5. The zero-order valence-corrected chi connectivity index (χ0v) is 23.1. The smallest absolute Gasteiger partial charge is 0.416 e. The summed E-state index contributed by atoms with van der Waals surface area (Å²) in [5.41, 5.74) is 7.54. The first-order chi connectivity index (χ1) is 17.7. The van der Waals surface area contributed by atoms with E-state index in [1.165, 1.54) is 4.90 Å². The number of nitrogen functional groups attached to an aromatic ring is 1. The van der Waals surface area contributed by atoms with Crippen molar-refractivity contribution in [1.82, 2.24) is 19.9 Å². The standard InChI is InChI=1S/C28H36N6O4/c1-17-8-10-30-14-20(17)22-12-18-13-23(31-15-21(18)24(29)32-22)34(26(36)38-28(5,6)7)19-9-11-33(16-19)25(35)37-27(2,3)4/h8,10,12-15,19H,9,11,16H2,1-7H3,(H2,29,32)/t19-/m0/s1. The molecule has 0 bridgehead atoms. The minimum Gasteiger partial charge on any atom is -0.444 e. The fourth-order valence-corrected chi connectivity index (χ4v) is 4.35. The van der Waals surface area contributed by atoms with Crippen LogP contribution in [0.25, 0.3) is 22.0 Å². The summed E-state index contributed by atoms with van der Waals surface area (Å²) in [5.74, 6) is 0.739. The first kappa shape index (κ1) is 27.1. The summed E-state index contributed by atoms with van der Waals surface area (Å²) in [5, 5.41) is 1.45. The Hall–Kier alpha value is -3.95. The van der Waals surface area contributed by atoms with Crippen molar-refractivity contribution in [2.75, 3.05) is 23.7 Å². The molecule has 1 atom stereocenters. The highest BCUT2D eigenvalue weighted by Crippen LogP contribution is 2.32. The van der Waals surface area contributed by atoms with Gasteiger partial charge in [0.2, 0.25) is 0 Å². The third kappa shape index (κ3) is 6.12. The third-order valence-corrected chi connectivity index (χ3v) is 6.06. The van der Waals surface area contributed by atoms with Gasteiger partial charge >= 0.3 is 12.2 Å². The molecule has 3 aromatic heterocycles. The summed E-state index contributed by atoms with van der Waals surface area (Å²) < 4.78 is 11.3. The summed E-state index contributed by atoms with van der Waals surface area (Å²) in [6.45, 7) is 13.6. The Balaban J connectivity index is 1.72. The number of amides is 2. The highest BCUT2D eigenvalue weighted by molar-refractivity contribution is 5.97. The van der Waals surface area contributed by atoms with Crippen molar-refractivity contribution in [2.45, 2.75) is 72.1 Å². The van der Waals surface area contributed by atoms with Gasteiger partial charge in [-0.3, -0.25) is 9.88 Å². The average Bonchev–Trinajstić information content (AvgIpc) is 3.27. The number of ether oxygens (including phenoxy) is 2. The minimum atomic E-state index is -0.713. The van der Waals surface area contributed by atoms with Gasteiger partial charge in [-0.1, -0.05) is 0 Å². The zero-order valence-electron chi connectivity index (χ0n) is 23.1. The number of nitrogens with two attached hydrogens (primary N) is 1. The molecule has 0 spiro atoms. The van der Waals surface area contributed by atoms with E-state index < -0.39 is 23.4 Å². The van der Waals surface area contributed by atoms with Crippen LogP contribution in [0.15, 0.2) is 36.8 Å². The average molecular weight is 521 g/mol. The summed E-state index contributed by atoms with van der Waals surface area (Å²) in [4.78, 5) is 42.7. The van der Waals surface area contributed by atoms with Crippen LogP contribution >= 0.6 is 0 Å². The molecule has 0 aliphatic carbocycles. The molecule has 38 heavy (non-hydrogen) atoms. The topological polar surface area (TPSA) is 124 Å². The number of fused-ring (bicyclic) bond motifs is 1. The Morgan fingerprint density at radius 2 is 1.79 bits per heavy atom. The first-order valence-electron chi connectivity index (χ1n) is 12.7. The number of anilines is 2. The number of likely N-dealkylation sites (tertiary alicyclic amines) is 1. The van der Waals surface area contributed by atoms with E-state index in [4.69, 9.17) is 15.2 Å². The van der Waals surface area contributed by atoms with Crippen LogP contribution < -0.4 is 10.6 Å². The van der Waals surface area contributed by atoms with Gasteiger partial charge in [0.05, 0.1) is 11.7 Å². The van der Waals surface area contributed by atoms with Crippen LogP contribution in [0.4, 0.5) is 21.2 Å². The fraction of sp³-hybridized carbons (Fsp3) is 0.464. The van der Waals surface area contributed by atoms with Gasteiger partial charge in [0.15, 0.2) is 0 Å². The Labute approximate surface area is 223 Å². The number of rotatable bonds is 3. The van der Waals surface area contributed by atoms with Crippen LogP contribution in [0.2, 0.25) is 0 Å². The van der Waals surface area contributed by atoms with Gasteiger partial charge in [-0.2, -0.15) is 0 Å². The van der Waals surface area contributed by atoms with E-state index in [9.17, 15) is 9.59 Å². The molecule has 3 aromatic rings. The molecular formula is C28H36N6O4. The summed E-state index contributed by atoms with van der Waals surface area (Å²) in [6, 6.07) is 5.29. The molecule has 2 N–H and O–H groups in total. The fourth-order valence-electron chi connectivity index (χ4n) is 4.35. The second-order valence-corrected chi connectivity index (χ2v) is 11.6. The largest absolute Gasteiger partial charge is 0.444 e. The maximum absolute atomic E-state index is 13.5. The lowest BCUT2D eigenvalue weighted by molar-refractivity contribution is 0.0287. The lowest BCUT2D eigenvalue weighted by atomic mass is 10.1. The number of hydrogen-bond acceptors (Lipinski definition) is 8. The van der Waals surface area contributed by atoms with Crippen LogP contribution in [0.1, 0.15) is 53.5 Å². The predicted molar refractivity (Wildman–Crippen MR) is 147 cm³/mol. The third-order valence-electron chi connectivity index (χ3n) is 6.06. The molecule has 1 aliphatic heterocycles. The maximum atomic E-state index is 13.5. The van der Waals surface area contributed by atoms with Crippen molar-refractivity contribution >= 4 is 34.6 Å². The van der Waals surface area contributed by atoms with E-state index >= 15 is 0 Å². The lowest BCUT2D eigenvalue weighted by Gasteiger charge is -2.31. The second kappa shape index (κ2) is 10.1. The highest BCUT2D eigenvalue weighted by atomic mass is 16.6.